The van der Waals surface area contributed by atoms with Crippen molar-refractivity contribution in [2.24, 2.45) is 0 Å². The Morgan fingerprint density at radius 3 is 3.08 bits per heavy atom. The number of rotatable bonds is 0. The van der Waals surface area contributed by atoms with Crippen molar-refractivity contribution in [3.8, 4) is 0 Å². The van der Waals surface area contributed by atoms with Crippen LogP contribution in [0.4, 0.5) is 0 Å². The number of Topliss-reactive ketones (excluding diaryl/α,β-unsaturated/α-hetero) is 1. The number of aryl methyl sites for hydroxylation is 1. The molecule has 0 bridgehead atoms. The van der Waals surface area contributed by atoms with Crippen molar-refractivity contribution < 1.29 is 4.79 Å². The molecule has 1 aromatic carbocycles. The summed E-state index contributed by atoms with van der Waals surface area (Å²) in [6.07, 6.45) is 0. The van der Waals surface area contributed by atoms with Crippen LogP contribution in [0.25, 0.3) is 0 Å². The summed E-state index contributed by atoms with van der Waals surface area (Å²) in [5, 5.41) is 0. The Kier molecular flexibility index (Phi) is 2.20. The highest BCUT2D eigenvalue weighted by Crippen LogP contribution is 2.34. The minimum absolute atomic E-state index is 0.180. The van der Waals surface area contributed by atoms with E-state index in [2.05, 4.69) is 12.1 Å². The summed E-state index contributed by atoms with van der Waals surface area (Å²) >= 11 is 1.79. The van der Waals surface area contributed by atoms with E-state index in [-0.39, 0.29) is 5.82 Å². The maximum absolute atomic E-state index is 11.8. The molecule has 0 amide bonds. The number of benzene rings is 1. The van der Waals surface area contributed by atoms with Gasteiger partial charge >= 0.3 is 0 Å². The molecule has 1 aliphatic rings. The molecule has 1 nitrogen and oxygen atoms in total. The van der Waals surface area contributed by atoms with Gasteiger partial charge in [-0.25, -0.2) is 0 Å². The molecule has 1 aliphatic heterocycles. The molecule has 0 saturated heterocycles. The van der Waals surface area contributed by atoms with Crippen LogP contribution in [-0.2, 0) is 0 Å². The Morgan fingerprint density at radius 2 is 2.31 bits per heavy atom. The van der Waals surface area contributed by atoms with E-state index in [1.807, 2.05) is 20.8 Å². The average Bonchev–Trinajstić information content (AvgIpc) is 2.12. The Hall–Kier alpha value is -0.695. The minimum Gasteiger partial charge on any atom is -0.295 e. The molecule has 3 heteroatoms. The maximum Gasteiger partial charge on any atom is 0.160 e. The normalized spacial score (nSPS) is 21.3. The number of thioether (sulfide) groups is 1. The molecule has 0 aromatic heterocycles. The summed E-state index contributed by atoms with van der Waals surface area (Å²) in [4.78, 5) is 12.9. The first-order valence-electron chi connectivity index (χ1n) is 4.46. The van der Waals surface area contributed by atoms with Crippen LogP contribution in [0.3, 0.4) is 0 Å². The molecule has 1 unspecified atom stereocenters. The molecular formula is C10H11BOS. The van der Waals surface area contributed by atoms with Crippen LogP contribution in [0.5, 0.6) is 0 Å². The van der Waals surface area contributed by atoms with E-state index in [1.54, 1.807) is 11.8 Å². The third kappa shape index (κ3) is 1.53. The molecule has 1 heterocycles. The molecule has 0 N–H and O–H groups in total. The highest BCUT2D eigenvalue weighted by Gasteiger charge is 2.23. The predicted octanol–water partition coefficient (Wildman–Crippen LogP) is 1.71. The van der Waals surface area contributed by atoms with E-state index < -0.39 is 0 Å². The zero-order chi connectivity index (χ0) is 9.42. The molecule has 0 spiro atoms. The molecule has 66 valence electrons. The summed E-state index contributed by atoms with van der Waals surface area (Å²) in [7, 11) is 2.00. The summed E-state index contributed by atoms with van der Waals surface area (Å²) in [5.74, 6) is 1.41. The van der Waals surface area contributed by atoms with Crippen LogP contribution >= 0.6 is 11.8 Å². The summed E-state index contributed by atoms with van der Waals surface area (Å²) in [5.41, 5.74) is 2.09. The Bertz CT molecular complexity index is 362. The van der Waals surface area contributed by atoms with Gasteiger partial charge in [0.1, 0.15) is 7.85 Å². The van der Waals surface area contributed by atoms with Crippen molar-refractivity contribution in [1.82, 2.24) is 0 Å². The van der Waals surface area contributed by atoms with Gasteiger partial charge in [-0.3, -0.25) is 4.79 Å². The molecule has 0 saturated carbocycles. The monoisotopic (exact) mass is 190 g/mol. The van der Waals surface area contributed by atoms with Crippen LogP contribution in [0.2, 0.25) is 5.82 Å². The second kappa shape index (κ2) is 3.22. The topological polar surface area (TPSA) is 17.1 Å². The molecule has 13 heavy (non-hydrogen) atoms. The second-order valence-corrected chi connectivity index (χ2v) is 4.64. The van der Waals surface area contributed by atoms with Crippen LogP contribution in [0.1, 0.15) is 15.9 Å². The van der Waals surface area contributed by atoms with Crippen LogP contribution < -0.4 is 0 Å². The van der Waals surface area contributed by atoms with E-state index in [4.69, 9.17) is 0 Å². The van der Waals surface area contributed by atoms with Gasteiger partial charge in [-0.1, -0.05) is 11.6 Å². The molecule has 1 atom stereocenters. The molecule has 0 fully saturated rings. The van der Waals surface area contributed by atoms with E-state index >= 15 is 0 Å². The molecule has 1 aromatic rings. The van der Waals surface area contributed by atoms with Crippen molar-refractivity contribution in [3.63, 3.8) is 0 Å². The van der Waals surface area contributed by atoms with Gasteiger partial charge < -0.3 is 0 Å². The highest BCUT2D eigenvalue weighted by molar-refractivity contribution is 7.99. The van der Waals surface area contributed by atoms with Crippen LogP contribution in [0.15, 0.2) is 23.1 Å². The fourth-order valence-corrected chi connectivity index (χ4v) is 2.58. The largest absolute Gasteiger partial charge is 0.295 e. The molecular weight excluding hydrogens is 179 g/mol. The third-order valence-electron chi connectivity index (χ3n) is 2.34. The van der Waals surface area contributed by atoms with E-state index in [1.165, 1.54) is 5.56 Å². The zero-order valence-electron chi connectivity index (χ0n) is 7.83. The lowest BCUT2D eigenvalue weighted by Gasteiger charge is -2.19. The van der Waals surface area contributed by atoms with Crippen LogP contribution in [-0.4, -0.2) is 19.4 Å². The molecule has 0 aliphatic carbocycles. The summed E-state index contributed by atoms with van der Waals surface area (Å²) in [6.45, 7) is 2.03. The average molecular weight is 190 g/mol. The van der Waals surface area contributed by atoms with Gasteiger partial charge in [-0.15, -0.1) is 11.8 Å². The number of carbonyl (C=O) groups is 1. The zero-order valence-corrected chi connectivity index (χ0v) is 8.65. The van der Waals surface area contributed by atoms with Crippen molar-refractivity contribution >= 4 is 25.4 Å². The van der Waals surface area contributed by atoms with Gasteiger partial charge in [-0.05, 0) is 19.1 Å². The lowest BCUT2D eigenvalue weighted by Crippen LogP contribution is -2.17. The lowest BCUT2D eigenvalue weighted by molar-refractivity contribution is 0.0985. The fraction of sp³-hybridized carbons (Fsp3) is 0.300. The number of fused-ring (bicyclic) bond motifs is 1. The predicted molar refractivity (Wildman–Crippen MR) is 58.5 cm³/mol. The smallest absolute Gasteiger partial charge is 0.160 e. The van der Waals surface area contributed by atoms with Crippen molar-refractivity contribution in [1.29, 1.82) is 0 Å². The summed E-state index contributed by atoms with van der Waals surface area (Å²) in [6, 6.07) is 6.12. The van der Waals surface area contributed by atoms with Crippen LogP contribution in [0, 0.1) is 6.92 Å². The number of hydrogen-bond acceptors (Lipinski definition) is 2. The fourth-order valence-electron chi connectivity index (χ4n) is 1.52. The lowest BCUT2D eigenvalue weighted by atomic mass is 9.82. The van der Waals surface area contributed by atoms with E-state index in [0.717, 1.165) is 16.2 Å². The molecule has 2 rings (SSSR count). The minimum atomic E-state index is 0.180. The Labute approximate surface area is 83.3 Å². The SMILES string of the molecule is BC1CSc2ccc(C)cc2C1=O. The first kappa shape index (κ1) is 8.88. The van der Waals surface area contributed by atoms with Gasteiger partial charge in [-0.2, -0.15) is 0 Å². The Morgan fingerprint density at radius 1 is 1.54 bits per heavy atom. The van der Waals surface area contributed by atoms with E-state index in [9.17, 15) is 4.79 Å². The molecule has 0 radical (unpaired) electrons. The Balaban J connectivity index is 2.51. The highest BCUT2D eigenvalue weighted by atomic mass is 32.2. The first-order valence-corrected chi connectivity index (χ1v) is 5.44. The van der Waals surface area contributed by atoms with Gasteiger partial charge in [0, 0.05) is 22.0 Å². The standard InChI is InChI=1S/C10H11BOS/c1-6-2-3-9-7(4-6)10(12)8(11)5-13-9/h2-4,8H,5,11H2,1H3. The van der Waals surface area contributed by atoms with E-state index in [0.29, 0.717) is 5.78 Å². The summed E-state index contributed by atoms with van der Waals surface area (Å²) < 4.78 is 0. The quantitative estimate of drug-likeness (QED) is 0.579. The van der Waals surface area contributed by atoms with Crippen molar-refractivity contribution in [2.45, 2.75) is 17.6 Å². The van der Waals surface area contributed by atoms with Gasteiger partial charge in [0.2, 0.25) is 0 Å². The van der Waals surface area contributed by atoms with Crippen molar-refractivity contribution in [2.75, 3.05) is 5.75 Å². The second-order valence-electron chi connectivity index (χ2n) is 3.58. The van der Waals surface area contributed by atoms with Gasteiger partial charge in [0.05, 0.1) is 0 Å². The first-order chi connectivity index (χ1) is 6.18. The van der Waals surface area contributed by atoms with Crippen molar-refractivity contribution in [3.05, 3.63) is 29.3 Å². The van der Waals surface area contributed by atoms with Gasteiger partial charge in [0.15, 0.2) is 5.78 Å². The number of carbonyl (C=O) groups excluding carboxylic acids is 1. The number of ketones is 1. The number of hydrogen-bond donors (Lipinski definition) is 0. The third-order valence-corrected chi connectivity index (χ3v) is 3.67. The van der Waals surface area contributed by atoms with Gasteiger partial charge in [0.25, 0.3) is 0 Å². The maximum atomic E-state index is 11.8.